The van der Waals surface area contributed by atoms with Crippen molar-refractivity contribution in [2.45, 2.75) is 19.5 Å². The van der Waals surface area contributed by atoms with Gasteiger partial charge in [0.05, 0.1) is 17.2 Å². The highest BCUT2D eigenvalue weighted by atomic mass is 16.6. The molecule has 144 valence electrons. The van der Waals surface area contributed by atoms with E-state index >= 15 is 0 Å². The van der Waals surface area contributed by atoms with Crippen LogP contribution in [0.5, 0.6) is 11.5 Å². The fraction of sp³-hybridized carbons (Fsp3) is 0.286. The first-order chi connectivity index (χ1) is 13.6. The first kappa shape index (κ1) is 18.0. The Morgan fingerprint density at radius 1 is 1.14 bits per heavy atom. The number of carbonyl (C=O) groups excluding carboxylic acids is 1. The number of nitrogens with zero attached hydrogens (tertiary/aromatic N) is 3. The Morgan fingerprint density at radius 3 is 2.79 bits per heavy atom. The van der Waals surface area contributed by atoms with E-state index in [0.29, 0.717) is 43.0 Å². The lowest BCUT2D eigenvalue weighted by Crippen LogP contribution is -2.29. The van der Waals surface area contributed by atoms with Gasteiger partial charge < -0.3 is 14.4 Å². The summed E-state index contributed by atoms with van der Waals surface area (Å²) in [6.45, 7) is 1.83. The van der Waals surface area contributed by atoms with Crippen LogP contribution >= 0.6 is 0 Å². The summed E-state index contributed by atoms with van der Waals surface area (Å²) in [7, 11) is 1.75. The van der Waals surface area contributed by atoms with Crippen molar-refractivity contribution < 1.29 is 14.3 Å². The molecule has 3 aromatic rings. The van der Waals surface area contributed by atoms with E-state index < -0.39 is 0 Å². The van der Waals surface area contributed by atoms with Gasteiger partial charge in [-0.1, -0.05) is 18.2 Å². The number of ether oxygens (including phenoxy) is 2. The molecule has 0 atom stereocenters. The SMILES string of the molecule is CN(Cc1ccc2c(c1)OCCO2)C(=O)CCn1cnc2ccccc2c1=O. The quantitative estimate of drug-likeness (QED) is 0.680. The van der Waals surface area contributed by atoms with Gasteiger partial charge >= 0.3 is 0 Å². The molecule has 1 amide bonds. The Hall–Kier alpha value is -3.35. The lowest BCUT2D eigenvalue weighted by Gasteiger charge is -2.21. The molecule has 4 rings (SSSR count). The van der Waals surface area contributed by atoms with Crippen molar-refractivity contribution >= 4 is 16.8 Å². The van der Waals surface area contributed by atoms with E-state index in [9.17, 15) is 9.59 Å². The second kappa shape index (κ2) is 7.72. The number of carbonyl (C=O) groups is 1. The maximum Gasteiger partial charge on any atom is 0.261 e. The van der Waals surface area contributed by atoms with Crippen LogP contribution in [0.4, 0.5) is 0 Å². The summed E-state index contributed by atoms with van der Waals surface area (Å²) in [6, 6.07) is 12.9. The molecule has 2 heterocycles. The minimum atomic E-state index is -0.132. The lowest BCUT2D eigenvalue weighted by atomic mass is 10.1. The first-order valence-corrected chi connectivity index (χ1v) is 9.18. The first-order valence-electron chi connectivity index (χ1n) is 9.18. The molecule has 7 nitrogen and oxygen atoms in total. The molecule has 1 aliphatic heterocycles. The average molecular weight is 379 g/mol. The molecule has 0 bridgehead atoms. The minimum absolute atomic E-state index is 0.0463. The van der Waals surface area contributed by atoms with Crippen molar-refractivity contribution in [2.75, 3.05) is 20.3 Å². The van der Waals surface area contributed by atoms with Gasteiger partial charge in [0.15, 0.2) is 11.5 Å². The molecule has 28 heavy (non-hydrogen) atoms. The molecule has 0 saturated heterocycles. The minimum Gasteiger partial charge on any atom is -0.486 e. The molecule has 7 heteroatoms. The van der Waals surface area contributed by atoms with Gasteiger partial charge in [-0.15, -0.1) is 0 Å². The number of aromatic nitrogens is 2. The third kappa shape index (κ3) is 3.69. The van der Waals surface area contributed by atoms with E-state index in [-0.39, 0.29) is 17.9 Å². The maximum absolute atomic E-state index is 12.5. The highest BCUT2D eigenvalue weighted by Crippen LogP contribution is 2.31. The van der Waals surface area contributed by atoms with Crippen LogP contribution < -0.4 is 15.0 Å². The van der Waals surface area contributed by atoms with E-state index in [1.807, 2.05) is 30.3 Å². The number of para-hydroxylation sites is 1. The van der Waals surface area contributed by atoms with Gasteiger partial charge in [-0.2, -0.15) is 0 Å². The number of amides is 1. The predicted molar refractivity (Wildman–Crippen MR) is 105 cm³/mol. The Morgan fingerprint density at radius 2 is 1.93 bits per heavy atom. The Kier molecular flexibility index (Phi) is 4.97. The summed E-state index contributed by atoms with van der Waals surface area (Å²) in [5.74, 6) is 1.39. The van der Waals surface area contributed by atoms with Crippen molar-refractivity contribution in [3.63, 3.8) is 0 Å². The van der Waals surface area contributed by atoms with E-state index in [1.54, 1.807) is 24.1 Å². The normalized spacial score (nSPS) is 12.8. The van der Waals surface area contributed by atoms with E-state index in [4.69, 9.17) is 9.47 Å². The molecule has 0 N–H and O–H groups in total. The summed E-state index contributed by atoms with van der Waals surface area (Å²) in [5, 5.41) is 0.557. The fourth-order valence-corrected chi connectivity index (χ4v) is 3.22. The van der Waals surface area contributed by atoms with Gasteiger partial charge in [0, 0.05) is 26.6 Å². The van der Waals surface area contributed by atoms with Crippen LogP contribution in [0, 0.1) is 0 Å². The van der Waals surface area contributed by atoms with Crippen LogP contribution in [0.3, 0.4) is 0 Å². The van der Waals surface area contributed by atoms with Crippen LogP contribution in [0.25, 0.3) is 10.9 Å². The molecule has 1 aliphatic rings. The lowest BCUT2D eigenvalue weighted by molar-refractivity contribution is -0.130. The molecule has 0 spiro atoms. The van der Waals surface area contributed by atoms with Gasteiger partial charge in [0.2, 0.25) is 5.91 Å². The number of fused-ring (bicyclic) bond motifs is 2. The van der Waals surface area contributed by atoms with E-state index in [2.05, 4.69) is 4.98 Å². The summed E-state index contributed by atoms with van der Waals surface area (Å²) in [4.78, 5) is 31.0. The third-order valence-electron chi connectivity index (χ3n) is 4.75. The Bertz CT molecular complexity index is 1080. The summed E-state index contributed by atoms with van der Waals surface area (Å²) in [6.07, 6.45) is 1.72. The molecule has 0 saturated carbocycles. The van der Waals surface area contributed by atoms with Crippen LogP contribution in [-0.4, -0.2) is 40.6 Å². The number of hydrogen-bond donors (Lipinski definition) is 0. The molecule has 1 aromatic heterocycles. The van der Waals surface area contributed by atoms with Crippen LogP contribution in [-0.2, 0) is 17.9 Å². The fourth-order valence-electron chi connectivity index (χ4n) is 3.22. The number of rotatable bonds is 5. The molecule has 0 unspecified atom stereocenters. The Balaban J connectivity index is 1.40. The van der Waals surface area contributed by atoms with Crippen molar-refractivity contribution in [1.29, 1.82) is 0 Å². The maximum atomic E-state index is 12.5. The van der Waals surface area contributed by atoms with Gasteiger partial charge in [0.25, 0.3) is 5.56 Å². The average Bonchev–Trinajstić information content (AvgIpc) is 2.73. The standard InChI is InChI=1S/C21H21N3O4/c1-23(13-15-6-7-18-19(12-15)28-11-10-27-18)20(25)8-9-24-14-22-17-5-3-2-4-16(17)21(24)26/h2-7,12,14H,8-11,13H2,1H3. The van der Waals surface area contributed by atoms with Crippen LogP contribution in [0.15, 0.2) is 53.6 Å². The molecular formula is C21H21N3O4. The second-order valence-corrected chi connectivity index (χ2v) is 6.74. The van der Waals surface area contributed by atoms with Gasteiger partial charge in [-0.25, -0.2) is 4.98 Å². The van der Waals surface area contributed by atoms with Crippen LogP contribution in [0.1, 0.15) is 12.0 Å². The Labute approximate surface area is 162 Å². The van der Waals surface area contributed by atoms with Gasteiger partial charge in [-0.3, -0.25) is 14.2 Å². The van der Waals surface area contributed by atoms with E-state index in [1.165, 1.54) is 10.9 Å². The predicted octanol–water partition coefficient (Wildman–Crippen LogP) is 2.22. The zero-order valence-electron chi connectivity index (χ0n) is 15.6. The van der Waals surface area contributed by atoms with Crippen LogP contribution in [0.2, 0.25) is 0 Å². The number of benzene rings is 2. The number of aryl methyl sites for hydroxylation is 1. The highest BCUT2D eigenvalue weighted by molar-refractivity contribution is 5.77. The van der Waals surface area contributed by atoms with Crippen molar-refractivity contribution in [2.24, 2.45) is 0 Å². The van der Waals surface area contributed by atoms with Gasteiger partial charge in [0.1, 0.15) is 13.2 Å². The van der Waals surface area contributed by atoms with Gasteiger partial charge in [-0.05, 0) is 29.8 Å². The highest BCUT2D eigenvalue weighted by Gasteiger charge is 2.15. The monoisotopic (exact) mass is 379 g/mol. The zero-order valence-corrected chi connectivity index (χ0v) is 15.6. The van der Waals surface area contributed by atoms with E-state index in [0.717, 1.165) is 11.3 Å². The number of hydrogen-bond acceptors (Lipinski definition) is 5. The second-order valence-electron chi connectivity index (χ2n) is 6.74. The largest absolute Gasteiger partial charge is 0.486 e. The molecular weight excluding hydrogens is 358 g/mol. The third-order valence-corrected chi connectivity index (χ3v) is 4.75. The molecule has 2 aromatic carbocycles. The molecule has 0 radical (unpaired) electrons. The molecule has 0 fully saturated rings. The topological polar surface area (TPSA) is 73.7 Å². The summed E-state index contributed by atoms with van der Waals surface area (Å²) < 4.78 is 12.6. The van der Waals surface area contributed by atoms with Crippen molar-refractivity contribution in [3.05, 3.63) is 64.7 Å². The smallest absolute Gasteiger partial charge is 0.261 e. The molecule has 0 aliphatic carbocycles. The van der Waals surface area contributed by atoms with Crippen molar-refractivity contribution in [3.8, 4) is 11.5 Å². The van der Waals surface area contributed by atoms with Crippen molar-refractivity contribution in [1.82, 2.24) is 14.5 Å². The summed E-state index contributed by atoms with van der Waals surface area (Å²) >= 11 is 0. The zero-order chi connectivity index (χ0) is 19.5. The summed E-state index contributed by atoms with van der Waals surface area (Å²) in [5.41, 5.74) is 1.49.